The third-order valence-corrected chi connectivity index (χ3v) is 5.71. The average Bonchev–Trinajstić information content (AvgIpc) is 2.73. The fourth-order valence-corrected chi connectivity index (χ4v) is 4.02. The van der Waals surface area contributed by atoms with Gasteiger partial charge in [0.2, 0.25) is 11.8 Å². The monoisotopic (exact) mass is 373 g/mol. The zero-order chi connectivity index (χ0) is 19.4. The number of hydrogen-bond donors (Lipinski definition) is 0. The molecule has 27 heavy (non-hydrogen) atoms. The number of anilines is 1. The van der Waals surface area contributed by atoms with Gasteiger partial charge in [0.05, 0.1) is 12.8 Å². The zero-order valence-electron chi connectivity index (χ0n) is 16.7. The second kappa shape index (κ2) is 8.19. The Labute approximate surface area is 162 Å². The number of carbonyl (C=O) groups is 2. The van der Waals surface area contributed by atoms with Crippen molar-refractivity contribution in [3.63, 3.8) is 0 Å². The topological polar surface area (TPSA) is 53.1 Å². The van der Waals surface area contributed by atoms with Gasteiger partial charge < -0.3 is 19.4 Å². The predicted octanol–water partition coefficient (Wildman–Crippen LogP) is 2.38. The van der Waals surface area contributed by atoms with Crippen LogP contribution in [0.2, 0.25) is 0 Å². The molecule has 0 N–H and O–H groups in total. The number of piperazine rings is 1. The number of piperidine rings is 1. The van der Waals surface area contributed by atoms with Crippen molar-refractivity contribution in [3.8, 4) is 5.75 Å². The quantitative estimate of drug-likeness (QED) is 0.761. The normalized spacial score (nSPS) is 18.4. The summed E-state index contributed by atoms with van der Waals surface area (Å²) in [5, 5.41) is 0. The summed E-state index contributed by atoms with van der Waals surface area (Å²) < 4.78 is 5.45. The molecule has 2 aliphatic heterocycles. The lowest BCUT2D eigenvalue weighted by Gasteiger charge is -2.41. The summed E-state index contributed by atoms with van der Waals surface area (Å²) in [6.45, 7) is 7.81. The van der Waals surface area contributed by atoms with Gasteiger partial charge in [-0.05, 0) is 45.2 Å². The number of amides is 2. The maximum atomic E-state index is 13.1. The minimum absolute atomic E-state index is 0.0284. The highest BCUT2D eigenvalue weighted by molar-refractivity contribution is 6.04. The van der Waals surface area contributed by atoms with Crippen molar-refractivity contribution in [2.24, 2.45) is 5.41 Å². The number of carbonyl (C=O) groups excluding carboxylic acids is 2. The van der Waals surface area contributed by atoms with Crippen LogP contribution >= 0.6 is 0 Å². The molecule has 1 aromatic carbocycles. The van der Waals surface area contributed by atoms with Crippen LogP contribution in [0.4, 0.5) is 5.69 Å². The summed E-state index contributed by atoms with van der Waals surface area (Å²) in [7, 11) is 1.67. The second-order valence-corrected chi connectivity index (χ2v) is 7.93. The van der Waals surface area contributed by atoms with Crippen LogP contribution < -0.4 is 9.64 Å². The number of para-hydroxylation sites is 2. The number of ether oxygens (including phenoxy) is 1. The molecule has 0 aromatic heterocycles. The van der Waals surface area contributed by atoms with Crippen LogP contribution in [0.1, 0.15) is 33.1 Å². The van der Waals surface area contributed by atoms with E-state index in [9.17, 15) is 9.59 Å². The van der Waals surface area contributed by atoms with Gasteiger partial charge in [0.1, 0.15) is 11.2 Å². The van der Waals surface area contributed by atoms with Gasteiger partial charge in [-0.2, -0.15) is 0 Å². The first kappa shape index (κ1) is 19.5. The molecule has 0 saturated carbocycles. The first-order chi connectivity index (χ1) is 12.9. The zero-order valence-corrected chi connectivity index (χ0v) is 16.7. The lowest BCUT2D eigenvalue weighted by Crippen LogP contribution is -2.56. The van der Waals surface area contributed by atoms with Crippen LogP contribution in [0, 0.1) is 5.41 Å². The summed E-state index contributed by atoms with van der Waals surface area (Å²) in [5.41, 5.74) is 0.0555. The molecular weight excluding hydrogens is 342 g/mol. The average molecular weight is 373 g/mol. The smallest absolute Gasteiger partial charge is 0.237 e. The SMILES string of the molecule is COc1ccccc1N1CCN(C(=O)C(C)(C)C(=O)N2CCCCC2)CC1. The van der Waals surface area contributed by atoms with Gasteiger partial charge in [0.25, 0.3) is 0 Å². The largest absolute Gasteiger partial charge is 0.495 e. The van der Waals surface area contributed by atoms with E-state index in [1.54, 1.807) is 21.0 Å². The molecule has 2 aliphatic rings. The molecule has 1 aromatic rings. The maximum Gasteiger partial charge on any atom is 0.237 e. The van der Waals surface area contributed by atoms with E-state index in [1.165, 1.54) is 6.42 Å². The van der Waals surface area contributed by atoms with Gasteiger partial charge in [-0.15, -0.1) is 0 Å². The Balaban J connectivity index is 1.62. The highest BCUT2D eigenvalue weighted by Crippen LogP contribution is 2.30. The summed E-state index contributed by atoms with van der Waals surface area (Å²) >= 11 is 0. The molecule has 0 radical (unpaired) electrons. The van der Waals surface area contributed by atoms with E-state index < -0.39 is 5.41 Å². The van der Waals surface area contributed by atoms with Crippen LogP contribution in [-0.4, -0.2) is 68.0 Å². The van der Waals surface area contributed by atoms with Gasteiger partial charge in [-0.3, -0.25) is 9.59 Å². The van der Waals surface area contributed by atoms with Crippen molar-refractivity contribution in [2.75, 3.05) is 51.3 Å². The summed E-state index contributed by atoms with van der Waals surface area (Å²) in [6, 6.07) is 7.94. The van der Waals surface area contributed by atoms with Crippen molar-refractivity contribution in [3.05, 3.63) is 24.3 Å². The first-order valence-electron chi connectivity index (χ1n) is 9.92. The van der Waals surface area contributed by atoms with E-state index >= 15 is 0 Å². The summed E-state index contributed by atoms with van der Waals surface area (Å²) in [6.07, 6.45) is 3.24. The van der Waals surface area contributed by atoms with Crippen LogP contribution in [0.5, 0.6) is 5.75 Å². The number of rotatable bonds is 4. The molecule has 0 atom stereocenters. The first-order valence-corrected chi connectivity index (χ1v) is 9.92. The van der Waals surface area contributed by atoms with Crippen molar-refractivity contribution in [1.82, 2.24) is 9.80 Å². The highest BCUT2D eigenvalue weighted by Gasteiger charge is 2.42. The molecule has 148 valence electrons. The van der Waals surface area contributed by atoms with E-state index in [0.717, 1.165) is 50.5 Å². The third kappa shape index (κ3) is 4.04. The Bertz CT molecular complexity index is 675. The molecule has 6 heteroatoms. The Morgan fingerprint density at radius 3 is 2.00 bits per heavy atom. The van der Waals surface area contributed by atoms with Gasteiger partial charge in [-0.25, -0.2) is 0 Å². The van der Waals surface area contributed by atoms with E-state index in [2.05, 4.69) is 4.90 Å². The standard InChI is InChI=1S/C21H31N3O3/c1-21(2,19(25)23-11-7-4-8-12-23)20(26)24-15-13-22(14-16-24)17-9-5-6-10-18(17)27-3/h5-6,9-10H,4,7-8,11-16H2,1-3H3. The lowest BCUT2D eigenvalue weighted by atomic mass is 9.88. The number of hydrogen-bond acceptors (Lipinski definition) is 4. The molecule has 3 rings (SSSR count). The van der Waals surface area contributed by atoms with Gasteiger partial charge >= 0.3 is 0 Å². The van der Waals surface area contributed by atoms with Crippen LogP contribution in [0.3, 0.4) is 0 Å². The van der Waals surface area contributed by atoms with Crippen molar-refractivity contribution < 1.29 is 14.3 Å². The Morgan fingerprint density at radius 1 is 0.852 bits per heavy atom. The molecule has 0 bridgehead atoms. The number of nitrogens with zero attached hydrogens (tertiary/aromatic N) is 3. The fraction of sp³-hybridized carbons (Fsp3) is 0.619. The molecule has 2 amide bonds. The molecule has 0 unspecified atom stereocenters. The summed E-state index contributed by atoms with van der Waals surface area (Å²) in [5.74, 6) is 0.759. The van der Waals surface area contributed by atoms with Crippen LogP contribution in [0.15, 0.2) is 24.3 Å². The molecular formula is C21H31N3O3. The lowest BCUT2D eigenvalue weighted by molar-refractivity contribution is -0.154. The maximum absolute atomic E-state index is 13.1. The Kier molecular flexibility index (Phi) is 5.92. The van der Waals surface area contributed by atoms with E-state index in [4.69, 9.17) is 4.74 Å². The van der Waals surface area contributed by atoms with Crippen molar-refractivity contribution in [2.45, 2.75) is 33.1 Å². The molecule has 2 fully saturated rings. The number of benzene rings is 1. The molecule has 6 nitrogen and oxygen atoms in total. The van der Waals surface area contributed by atoms with E-state index in [1.807, 2.05) is 34.1 Å². The third-order valence-electron chi connectivity index (χ3n) is 5.71. The second-order valence-electron chi connectivity index (χ2n) is 7.93. The Morgan fingerprint density at radius 2 is 1.41 bits per heavy atom. The van der Waals surface area contributed by atoms with Crippen molar-refractivity contribution in [1.29, 1.82) is 0 Å². The fourth-order valence-electron chi connectivity index (χ4n) is 4.02. The van der Waals surface area contributed by atoms with E-state index in [-0.39, 0.29) is 11.8 Å². The van der Waals surface area contributed by atoms with Gasteiger partial charge in [0.15, 0.2) is 0 Å². The predicted molar refractivity (Wildman–Crippen MR) is 106 cm³/mol. The van der Waals surface area contributed by atoms with Gasteiger partial charge in [-0.1, -0.05) is 12.1 Å². The van der Waals surface area contributed by atoms with E-state index in [0.29, 0.717) is 13.1 Å². The van der Waals surface area contributed by atoms with Gasteiger partial charge in [0, 0.05) is 39.3 Å². The molecule has 0 aliphatic carbocycles. The summed E-state index contributed by atoms with van der Waals surface area (Å²) in [4.78, 5) is 32.0. The van der Waals surface area contributed by atoms with Crippen molar-refractivity contribution >= 4 is 17.5 Å². The highest BCUT2D eigenvalue weighted by atomic mass is 16.5. The molecule has 2 saturated heterocycles. The Hall–Kier alpha value is -2.24. The minimum Gasteiger partial charge on any atom is -0.495 e. The van der Waals surface area contributed by atoms with Crippen LogP contribution in [0.25, 0.3) is 0 Å². The minimum atomic E-state index is -0.996. The van der Waals surface area contributed by atoms with Crippen LogP contribution in [-0.2, 0) is 9.59 Å². The molecule has 2 heterocycles. The molecule has 0 spiro atoms. The number of likely N-dealkylation sites (tertiary alicyclic amines) is 1. The number of methoxy groups -OCH3 is 1.